The van der Waals surface area contributed by atoms with Crippen molar-refractivity contribution in [3.8, 4) is 0 Å². The number of piperazine rings is 1. The molecule has 3 rings (SSSR count). The molecule has 28 heavy (non-hydrogen) atoms. The van der Waals surface area contributed by atoms with E-state index in [9.17, 15) is 14.4 Å². The van der Waals surface area contributed by atoms with Crippen molar-refractivity contribution in [1.29, 1.82) is 0 Å². The van der Waals surface area contributed by atoms with Gasteiger partial charge >= 0.3 is 12.1 Å². The second-order valence-electron chi connectivity index (χ2n) is 6.71. The first kappa shape index (κ1) is 20.1. The van der Waals surface area contributed by atoms with E-state index in [1.54, 1.807) is 16.7 Å². The lowest BCUT2D eigenvalue weighted by Gasteiger charge is -2.33. The Bertz CT molecular complexity index is 691. The minimum atomic E-state index is -0.501. The van der Waals surface area contributed by atoms with Gasteiger partial charge in [-0.05, 0) is 18.9 Å². The average Bonchev–Trinajstić information content (AvgIpc) is 3.23. The molecule has 2 atom stereocenters. The number of nitrogens with one attached hydrogen (secondary N) is 2. The summed E-state index contributed by atoms with van der Waals surface area (Å²) in [4.78, 5) is 39.4. The van der Waals surface area contributed by atoms with Gasteiger partial charge in [-0.25, -0.2) is 15.6 Å². The normalized spacial score (nSPS) is 22.0. The van der Waals surface area contributed by atoms with Crippen molar-refractivity contribution in [3.63, 3.8) is 0 Å². The van der Waals surface area contributed by atoms with Crippen LogP contribution in [-0.2, 0) is 19.1 Å². The number of hydrogen-bond donors (Lipinski definition) is 2. The van der Waals surface area contributed by atoms with Crippen LogP contribution in [0.25, 0.3) is 0 Å². The van der Waals surface area contributed by atoms with Crippen LogP contribution in [-0.4, -0.2) is 73.2 Å². The molecule has 2 saturated heterocycles. The summed E-state index contributed by atoms with van der Waals surface area (Å²) >= 11 is 0. The molecule has 2 aliphatic heterocycles. The largest absolute Gasteiger partial charge is 0.454 e. The molecule has 2 heterocycles. The smallest absolute Gasteiger partial charge is 0.409 e. The van der Waals surface area contributed by atoms with Crippen molar-refractivity contribution in [3.05, 3.63) is 35.9 Å². The minimum absolute atomic E-state index is 0.0189. The summed E-state index contributed by atoms with van der Waals surface area (Å²) in [6.07, 6.45) is 0.184. The standard InChI is InChI=1S/C19H26N4O5/c1-2-27-19(26)23-10-8-22(9-11-23)17(24)13-28-18(25)16-12-15(20-21-16)14-6-4-3-5-7-14/h3-7,15-16,20-21H,2,8-13H2,1H3. The van der Waals surface area contributed by atoms with Crippen LogP contribution in [0.1, 0.15) is 24.9 Å². The van der Waals surface area contributed by atoms with Crippen molar-refractivity contribution < 1.29 is 23.9 Å². The average molecular weight is 390 g/mol. The lowest BCUT2D eigenvalue weighted by Crippen LogP contribution is -2.51. The Morgan fingerprint density at radius 1 is 1.00 bits per heavy atom. The van der Waals surface area contributed by atoms with Gasteiger partial charge in [-0.1, -0.05) is 30.3 Å². The molecule has 152 valence electrons. The Kier molecular flexibility index (Phi) is 6.83. The highest BCUT2D eigenvalue weighted by molar-refractivity contribution is 5.83. The number of hydrazine groups is 1. The Labute approximate surface area is 163 Å². The van der Waals surface area contributed by atoms with Crippen molar-refractivity contribution in [1.82, 2.24) is 20.7 Å². The zero-order chi connectivity index (χ0) is 19.9. The van der Waals surface area contributed by atoms with Crippen LogP contribution < -0.4 is 10.9 Å². The van der Waals surface area contributed by atoms with Gasteiger partial charge < -0.3 is 19.3 Å². The van der Waals surface area contributed by atoms with Crippen molar-refractivity contribution in [2.75, 3.05) is 39.4 Å². The Hall–Kier alpha value is -2.65. The summed E-state index contributed by atoms with van der Waals surface area (Å²) in [5.74, 6) is -0.716. The molecule has 2 fully saturated rings. The molecule has 1 aromatic carbocycles. The quantitative estimate of drug-likeness (QED) is 0.704. The predicted octanol–water partition coefficient (Wildman–Crippen LogP) is 0.438. The van der Waals surface area contributed by atoms with E-state index >= 15 is 0 Å². The number of nitrogens with zero attached hydrogens (tertiary/aromatic N) is 2. The van der Waals surface area contributed by atoms with Crippen LogP contribution in [0, 0.1) is 0 Å². The van der Waals surface area contributed by atoms with E-state index in [-0.39, 0.29) is 24.6 Å². The maximum Gasteiger partial charge on any atom is 0.409 e. The molecular formula is C19H26N4O5. The summed E-state index contributed by atoms with van der Waals surface area (Å²) < 4.78 is 10.2. The van der Waals surface area contributed by atoms with Gasteiger partial charge in [0, 0.05) is 32.2 Å². The van der Waals surface area contributed by atoms with Gasteiger partial charge in [0.1, 0.15) is 6.04 Å². The molecule has 0 bridgehead atoms. The SMILES string of the molecule is CCOC(=O)N1CCN(C(=O)COC(=O)C2CC(c3ccccc3)NN2)CC1. The molecule has 1 aromatic rings. The summed E-state index contributed by atoms with van der Waals surface area (Å²) in [6.45, 7) is 3.39. The first-order chi connectivity index (χ1) is 13.6. The van der Waals surface area contributed by atoms with Crippen LogP contribution in [0.2, 0.25) is 0 Å². The Balaban J connectivity index is 1.39. The molecule has 0 aliphatic carbocycles. The number of carbonyl (C=O) groups is 3. The minimum Gasteiger partial charge on any atom is -0.454 e. The fraction of sp³-hybridized carbons (Fsp3) is 0.526. The van der Waals surface area contributed by atoms with Gasteiger partial charge in [-0.3, -0.25) is 9.59 Å². The third-order valence-corrected chi connectivity index (χ3v) is 4.89. The zero-order valence-corrected chi connectivity index (χ0v) is 15.9. The molecule has 2 amide bonds. The lowest BCUT2D eigenvalue weighted by atomic mass is 10.0. The van der Waals surface area contributed by atoms with Crippen LogP contribution in [0.15, 0.2) is 30.3 Å². The van der Waals surface area contributed by atoms with E-state index in [4.69, 9.17) is 9.47 Å². The second-order valence-corrected chi connectivity index (χ2v) is 6.71. The second kappa shape index (κ2) is 9.52. The van der Waals surface area contributed by atoms with Crippen LogP contribution in [0.5, 0.6) is 0 Å². The van der Waals surface area contributed by atoms with Gasteiger partial charge in [-0.15, -0.1) is 0 Å². The van der Waals surface area contributed by atoms with Gasteiger partial charge in [0.05, 0.1) is 6.61 Å². The molecular weight excluding hydrogens is 364 g/mol. The molecule has 0 aromatic heterocycles. The Morgan fingerprint density at radius 2 is 1.68 bits per heavy atom. The summed E-state index contributed by atoms with van der Waals surface area (Å²) in [5.41, 5.74) is 7.10. The number of benzene rings is 1. The number of carbonyl (C=O) groups excluding carboxylic acids is 3. The van der Waals surface area contributed by atoms with E-state index in [1.165, 1.54) is 0 Å². The molecule has 2 aliphatic rings. The number of rotatable bonds is 5. The first-order valence-corrected chi connectivity index (χ1v) is 9.50. The molecule has 2 N–H and O–H groups in total. The van der Waals surface area contributed by atoms with Crippen LogP contribution in [0.4, 0.5) is 4.79 Å². The van der Waals surface area contributed by atoms with E-state index in [2.05, 4.69) is 10.9 Å². The predicted molar refractivity (Wildman–Crippen MR) is 100.0 cm³/mol. The Morgan fingerprint density at radius 3 is 2.36 bits per heavy atom. The zero-order valence-electron chi connectivity index (χ0n) is 15.9. The van der Waals surface area contributed by atoms with Gasteiger partial charge in [0.2, 0.25) is 0 Å². The topological polar surface area (TPSA) is 100 Å². The lowest BCUT2D eigenvalue weighted by molar-refractivity contribution is -0.154. The number of ether oxygens (including phenoxy) is 2. The highest BCUT2D eigenvalue weighted by Gasteiger charge is 2.32. The molecule has 9 heteroatoms. The monoisotopic (exact) mass is 390 g/mol. The summed E-state index contributed by atoms with van der Waals surface area (Å²) in [6, 6.07) is 9.34. The van der Waals surface area contributed by atoms with E-state index in [0.717, 1.165) is 5.56 Å². The molecule has 0 saturated carbocycles. The van der Waals surface area contributed by atoms with E-state index in [1.807, 2.05) is 30.3 Å². The molecule has 9 nitrogen and oxygen atoms in total. The van der Waals surface area contributed by atoms with E-state index in [0.29, 0.717) is 39.2 Å². The van der Waals surface area contributed by atoms with Gasteiger partial charge in [0.25, 0.3) is 5.91 Å². The molecule has 0 radical (unpaired) electrons. The number of hydrogen-bond acceptors (Lipinski definition) is 7. The van der Waals surface area contributed by atoms with Crippen molar-refractivity contribution >= 4 is 18.0 Å². The van der Waals surface area contributed by atoms with Crippen LogP contribution >= 0.6 is 0 Å². The van der Waals surface area contributed by atoms with Crippen molar-refractivity contribution in [2.45, 2.75) is 25.4 Å². The highest BCUT2D eigenvalue weighted by atomic mass is 16.6. The van der Waals surface area contributed by atoms with Gasteiger partial charge in [0.15, 0.2) is 6.61 Å². The third-order valence-electron chi connectivity index (χ3n) is 4.89. The van der Waals surface area contributed by atoms with Crippen LogP contribution in [0.3, 0.4) is 0 Å². The van der Waals surface area contributed by atoms with Crippen molar-refractivity contribution in [2.24, 2.45) is 0 Å². The summed E-state index contributed by atoms with van der Waals surface area (Å²) in [7, 11) is 0. The fourth-order valence-electron chi connectivity index (χ4n) is 3.29. The third kappa shape index (κ3) is 4.99. The number of amides is 2. The molecule has 2 unspecified atom stereocenters. The van der Waals surface area contributed by atoms with Gasteiger partial charge in [-0.2, -0.15) is 0 Å². The molecule has 0 spiro atoms. The highest BCUT2D eigenvalue weighted by Crippen LogP contribution is 2.22. The fourth-order valence-corrected chi connectivity index (χ4v) is 3.29. The summed E-state index contributed by atoms with van der Waals surface area (Å²) in [5, 5.41) is 0. The maximum atomic E-state index is 12.3. The maximum absolute atomic E-state index is 12.3. The van der Waals surface area contributed by atoms with E-state index < -0.39 is 12.0 Å². The first-order valence-electron chi connectivity index (χ1n) is 9.50. The number of esters is 1.